The molecule has 5 nitrogen and oxygen atoms in total. The molecule has 1 aliphatic rings. The molecule has 5 heteroatoms. The van der Waals surface area contributed by atoms with Crippen LogP contribution in [0.5, 0.6) is 0 Å². The van der Waals surface area contributed by atoms with Crippen molar-refractivity contribution in [1.29, 1.82) is 0 Å². The van der Waals surface area contributed by atoms with Crippen LogP contribution in [-0.4, -0.2) is 38.5 Å². The lowest BCUT2D eigenvalue weighted by Crippen LogP contribution is -2.37. The molecule has 0 saturated carbocycles. The summed E-state index contributed by atoms with van der Waals surface area (Å²) in [5.41, 5.74) is 2.59. The minimum Gasteiger partial charge on any atom is -0.338 e. The summed E-state index contributed by atoms with van der Waals surface area (Å²) in [6.45, 7) is 1.56. The number of hydrogen-bond donors (Lipinski definition) is 0. The number of carbonyl (C=O) groups is 1. The van der Waals surface area contributed by atoms with Crippen LogP contribution in [0.3, 0.4) is 0 Å². The quantitative estimate of drug-likeness (QED) is 0.731. The van der Waals surface area contributed by atoms with Gasteiger partial charge in [0.1, 0.15) is 5.56 Å². The Morgan fingerprint density at radius 2 is 1.87 bits per heavy atom. The first-order valence-electron chi connectivity index (χ1n) is 7.95. The highest BCUT2D eigenvalue weighted by molar-refractivity contribution is 5.99. The highest BCUT2D eigenvalue weighted by Gasteiger charge is 2.26. The van der Waals surface area contributed by atoms with E-state index in [4.69, 9.17) is 0 Å². The lowest BCUT2D eigenvalue weighted by molar-refractivity contribution is 0.0714. The van der Waals surface area contributed by atoms with Gasteiger partial charge in [0.05, 0.1) is 6.20 Å². The summed E-state index contributed by atoms with van der Waals surface area (Å²) in [5, 5.41) is 4.20. The van der Waals surface area contributed by atoms with Crippen LogP contribution in [-0.2, 0) is 0 Å². The smallest absolute Gasteiger partial charge is 0.259 e. The number of amides is 1. The Kier molecular flexibility index (Phi) is 3.54. The van der Waals surface area contributed by atoms with E-state index in [1.54, 1.807) is 29.2 Å². The Balaban J connectivity index is 1.49. The molecule has 3 aromatic rings. The van der Waals surface area contributed by atoms with Crippen LogP contribution in [0, 0.1) is 0 Å². The molecule has 0 atom stereocenters. The molecule has 3 heterocycles. The van der Waals surface area contributed by atoms with Gasteiger partial charge < -0.3 is 4.90 Å². The van der Waals surface area contributed by atoms with Gasteiger partial charge in [-0.15, -0.1) is 0 Å². The van der Waals surface area contributed by atoms with Crippen molar-refractivity contribution in [2.24, 2.45) is 0 Å². The zero-order chi connectivity index (χ0) is 15.6. The maximum Gasteiger partial charge on any atom is 0.259 e. The van der Waals surface area contributed by atoms with E-state index < -0.39 is 0 Å². The number of nitrogens with zero attached hydrogens (tertiary/aromatic N) is 4. The normalized spacial score (nSPS) is 15.9. The zero-order valence-corrected chi connectivity index (χ0v) is 12.8. The molecular formula is C18H18N4O. The van der Waals surface area contributed by atoms with Crippen LogP contribution in [0.1, 0.15) is 34.7 Å². The molecule has 0 spiro atoms. The molecular weight excluding hydrogens is 288 g/mol. The number of benzene rings is 1. The number of carbonyl (C=O) groups excluding carboxylic acids is 1. The van der Waals surface area contributed by atoms with Crippen LogP contribution in [0.25, 0.3) is 5.65 Å². The molecule has 116 valence electrons. The second-order valence-electron chi connectivity index (χ2n) is 5.92. The van der Waals surface area contributed by atoms with Crippen LogP contribution in [0.15, 0.2) is 55.0 Å². The predicted octanol–water partition coefficient (Wildman–Crippen LogP) is 2.75. The van der Waals surface area contributed by atoms with Crippen molar-refractivity contribution in [1.82, 2.24) is 19.5 Å². The number of rotatable bonds is 2. The van der Waals surface area contributed by atoms with Gasteiger partial charge in [0.2, 0.25) is 0 Å². The molecule has 2 aromatic heterocycles. The molecule has 4 rings (SSSR count). The third-order valence-corrected chi connectivity index (χ3v) is 4.56. The molecule has 0 bridgehead atoms. The third-order valence-electron chi connectivity index (χ3n) is 4.56. The minimum atomic E-state index is 0.0326. The standard InChI is InChI=1S/C18H18N4O/c23-18(16-13-20-22-10-4-9-19-17(16)22)21-11-7-15(8-12-21)14-5-2-1-3-6-14/h1-6,9-10,13,15H,7-8,11-12H2. The van der Waals surface area contributed by atoms with E-state index in [0.717, 1.165) is 25.9 Å². The first kappa shape index (κ1) is 13.9. The van der Waals surface area contributed by atoms with Crippen molar-refractivity contribution in [3.8, 4) is 0 Å². The van der Waals surface area contributed by atoms with Gasteiger partial charge >= 0.3 is 0 Å². The fourth-order valence-corrected chi connectivity index (χ4v) is 3.29. The maximum atomic E-state index is 12.8. The fourth-order valence-electron chi connectivity index (χ4n) is 3.29. The number of fused-ring (bicyclic) bond motifs is 1. The van der Waals surface area contributed by atoms with E-state index in [1.807, 2.05) is 11.0 Å². The van der Waals surface area contributed by atoms with Gasteiger partial charge in [-0.1, -0.05) is 30.3 Å². The number of hydrogen-bond acceptors (Lipinski definition) is 3. The average molecular weight is 306 g/mol. The first-order chi connectivity index (χ1) is 11.3. The lowest BCUT2D eigenvalue weighted by atomic mass is 9.89. The van der Waals surface area contributed by atoms with Crippen LogP contribution in [0.2, 0.25) is 0 Å². The second-order valence-corrected chi connectivity index (χ2v) is 5.92. The van der Waals surface area contributed by atoms with Crippen LogP contribution in [0.4, 0.5) is 0 Å². The monoisotopic (exact) mass is 306 g/mol. The van der Waals surface area contributed by atoms with E-state index in [-0.39, 0.29) is 5.91 Å². The molecule has 1 saturated heterocycles. The van der Waals surface area contributed by atoms with E-state index in [2.05, 4.69) is 34.3 Å². The topological polar surface area (TPSA) is 50.5 Å². The van der Waals surface area contributed by atoms with Gasteiger partial charge in [-0.2, -0.15) is 5.10 Å². The summed E-state index contributed by atoms with van der Waals surface area (Å²) in [6, 6.07) is 12.4. The van der Waals surface area contributed by atoms with E-state index >= 15 is 0 Å². The molecule has 23 heavy (non-hydrogen) atoms. The maximum absolute atomic E-state index is 12.8. The van der Waals surface area contributed by atoms with Gasteiger partial charge in [-0.3, -0.25) is 4.79 Å². The Hall–Kier alpha value is -2.69. The molecule has 1 aliphatic heterocycles. The van der Waals surface area contributed by atoms with E-state index in [9.17, 15) is 4.79 Å². The molecule has 0 radical (unpaired) electrons. The number of piperidine rings is 1. The Labute approximate surface area is 134 Å². The van der Waals surface area contributed by atoms with E-state index in [0.29, 0.717) is 17.1 Å². The molecule has 1 fully saturated rings. The second kappa shape index (κ2) is 5.83. The van der Waals surface area contributed by atoms with Crippen molar-refractivity contribution < 1.29 is 4.79 Å². The predicted molar refractivity (Wildman–Crippen MR) is 87.3 cm³/mol. The van der Waals surface area contributed by atoms with Gasteiger partial charge in [-0.05, 0) is 30.4 Å². The van der Waals surface area contributed by atoms with Crippen molar-refractivity contribution in [3.63, 3.8) is 0 Å². The summed E-state index contributed by atoms with van der Waals surface area (Å²) in [6.07, 6.45) is 7.12. The molecule has 0 unspecified atom stereocenters. The van der Waals surface area contributed by atoms with Crippen molar-refractivity contribution in [3.05, 3.63) is 66.1 Å². The minimum absolute atomic E-state index is 0.0326. The molecule has 1 amide bonds. The van der Waals surface area contributed by atoms with Gasteiger partial charge in [0.25, 0.3) is 5.91 Å². The first-order valence-corrected chi connectivity index (χ1v) is 7.95. The molecule has 1 aromatic carbocycles. The number of likely N-dealkylation sites (tertiary alicyclic amines) is 1. The lowest BCUT2D eigenvalue weighted by Gasteiger charge is -2.32. The Morgan fingerprint density at radius 3 is 2.65 bits per heavy atom. The summed E-state index contributed by atoms with van der Waals surface area (Å²) in [7, 11) is 0. The van der Waals surface area contributed by atoms with E-state index in [1.165, 1.54) is 5.56 Å². The fraction of sp³-hybridized carbons (Fsp3) is 0.278. The Morgan fingerprint density at radius 1 is 1.09 bits per heavy atom. The van der Waals surface area contributed by atoms with Crippen LogP contribution < -0.4 is 0 Å². The van der Waals surface area contributed by atoms with Gasteiger partial charge in [0, 0.05) is 25.5 Å². The SMILES string of the molecule is O=C(c1cnn2cccnc12)N1CCC(c2ccccc2)CC1. The van der Waals surface area contributed by atoms with Crippen molar-refractivity contribution >= 4 is 11.6 Å². The van der Waals surface area contributed by atoms with Crippen molar-refractivity contribution in [2.45, 2.75) is 18.8 Å². The van der Waals surface area contributed by atoms with Gasteiger partial charge in [0.15, 0.2) is 5.65 Å². The molecule has 0 aliphatic carbocycles. The van der Waals surface area contributed by atoms with Crippen LogP contribution >= 0.6 is 0 Å². The average Bonchev–Trinajstić information content (AvgIpc) is 3.06. The third kappa shape index (κ3) is 2.59. The molecule has 0 N–H and O–H groups in total. The summed E-state index contributed by atoms with van der Waals surface area (Å²) < 4.78 is 1.64. The highest BCUT2D eigenvalue weighted by atomic mass is 16.2. The largest absolute Gasteiger partial charge is 0.338 e. The highest BCUT2D eigenvalue weighted by Crippen LogP contribution is 2.28. The number of aromatic nitrogens is 3. The summed E-state index contributed by atoms with van der Waals surface area (Å²) in [5.74, 6) is 0.576. The summed E-state index contributed by atoms with van der Waals surface area (Å²) >= 11 is 0. The van der Waals surface area contributed by atoms with Gasteiger partial charge in [-0.25, -0.2) is 9.50 Å². The summed E-state index contributed by atoms with van der Waals surface area (Å²) in [4.78, 5) is 18.9. The Bertz CT molecular complexity index is 819. The zero-order valence-electron chi connectivity index (χ0n) is 12.8. The van der Waals surface area contributed by atoms with Crippen molar-refractivity contribution in [2.75, 3.05) is 13.1 Å².